The molecule has 3 aromatic rings. The van der Waals surface area contributed by atoms with Crippen molar-refractivity contribution in [3.05, 3.63) is 65.6 Å². The molecule has 3 nitrogen and oxygen atoms in total. The van der Waals surface area contributed by atoms with E-state index in [2.05, 4.69) is 51.3 Å². The van der Waals surface area contributed by atoms with Crippen molar-refractivity contribution >= 4 is 10.9 Å². The summed E-state index contributed by atoms with van der Waals surface area (Å²) in [7, 11) is 0. The van der Waals surface area contributed by atoms with Crippen LogP contribution >= 0.6 is 0 Å². The molecule has 1 aliphatic rings. The standard InChI is InChI=1S/C17H17N3/c1-2-4-16-14(3-1)15-12-20(10-7-17(15)19-16)11-13-5-8-18-9-6-13/h1-6,8-9,19H,7,10-12H2. The van der Waals surface area contributed by atoms with Gasteiger partial charge in [-0.1, -0.05) is 18.2 Å². The molecule has 0 amide bonds. The van der Waals surface area contributed by atoms with Crippen LogP contribution in [0.15, 0.2) is 48.8 Å². The number of aromatic amines is 1. The van der Waals surface area contributed by atoms with E-state index in [9.17, 15) is 0 Å². The normalized spacial score (nSPS) is 15.4. The van der Waals surface area contributed by atoms with Crippen molar-refractivity contribution in [1.82, 2.24) is 14.9 Å². The van der Waals surface area contributed by atoms with E-state index >= 15 is 0 Å². The molecule has 3 heteroatoms. The minimum absolute atomic E-state index is 1.00. The van der Waals surface area contributed by atoms with Crippen LogP contribution in [-0.2, 0) is 19.5 Å². The summed E-state index contributed by atoms with van der Waals surface area (Å²) in [5.41, 5.74) is 5.49. The monoisotopic (exact) mass is 263 g/mol. The molecule has 100 valence electrons. The summed E-state index contributed by atoms with van der Waals surface area (Å²) in [4.78, 5) is 10.2. The molecule has 0 aliphatic carbocycles. The first-order chi connectivity index (χ1) is 9.90. The molecule has 3 heterocycles. The minimum Gasteiger partial charge on any atom is -0.358 e. The summed E-state index contributed by atoms with van der Waals surface area (Å²) in [6, 6.07) is 12.8. The van der Waals surface area contributed by atoms with Gasteiger partial charge in [0, 0.05) is 55.0 Å². The SMILES string of the molecule is c1ccc2c3c([nH]c2c1)CCN(Cc1ccncc1)C3. The summed E-state index contributed by atoms with van der Waals surface area (Å²) in [5.74, 6) is 0. The van der Waals surface area contributed by atoms with Crippen LogP contribution in [0.1, 0.15) is 16.8 Å². The molecule has 0 radical (unpaired) electrons. The van der Waals surface area contributed by atoms with Gasteiger partial charge in [0.2, 0.25) is 0 Å². The fourth-order valence-electron chi connectivity index (χ4n) is 3.10. The molecule has 0 atom stereocenters. The highest BCUT2D eigenvalue weighted by molar-refractivity contribution is 5.84. The number of nitrogens with zero attached hydrogens (tertiary/aromatic N) is 2. The van der Waals surface area contributed by atoms with Crippen molar-refractivity contribution in [1.29, 1.82) is 0 Å². The predicted molar refractivity (Wildman–Crippen MR) is 80.4 cm³/mol. The average molecular weight is 263 g/mol. The first-order valence-corrected chi connectivity index (χ1v) is 7.10. The minimum atomic E-state index is 1.00. The highest BCUT2D eigenvalue weighted by Crippen LogP contribution is 2.28. The molecule has 0 spiro atoms. The molecule has 0 unspecified atom stereocenters. The van der Waals surface area contributed by atoms with Crippen molar-refractivity contribution in [2.45, 2.75) is 19.5 Å². The van der Waals surface area contributed by atoms with E-state index in [-0.39, 0.29) is 0 Å². The van der Waals surface area contributed by atoms with Gasteiger partial charge in [0.25, 0.3) is 0 Å². The quantitative estimate of drug-likeness (QED) is 0.770. The first-order valence-electron chi connectivity index (χ1n) is 7.10. The number of hydrogen-bond donors (Lipinski definition) is 1. The number of para-hydroxylation sites is 1. The number of benzene rings is 1. The van der Waals surface area contributed by atoms with Gasteiger partial charge in [0.05, 0.1) is 0 Å². The summed E-state index contributed by atoms with van der Waals surface area (Å²) >= 11 is 0. The number of nitrogens with one attached hydrogen (secondary N) is 1. The van der Waals surface area contributed by atoms with Crippen LogP contribution < -0.4 is 0 Å². The molecule has 2 aromatic heterocycles. The fourth-order valence-corrected chi connectivity index (χ4v) is 3.10. The van der Waals surface area contributed by atoms with Crippen molar-refractivity contribution in [3.8, 4) is 0 Å². The zero-order chi connectivity index (χ0) is 13.4. The second-order valence-corrected chi connectivity index (χ2v) is 5.44. The predicted octanol–water partition coefficient (Wildman–Crippen LogP) is 3.12. The Labute approximate surface area is 118 Å². The van der Waals surface area contributed by atoms with E-state index in [0.29, 0.717) is 0 Å². The Morgan fingerprint density at radius 1 is 1.10 bits per heavy atom. The third kappa shape index (κ3) is 2.00. The highest BCUT2D eigenvalue weighted by Gasteiger charge is 2.20. The van der Waals surface area contributed by atoms with Crippen LogP contribution in [-0.4, -0.2) is 21.4 Å². The third-order valence-corrected chi connectivity index (χ3v) is 4.12. The fraction of sp³-hybridized carbons (Fsp3) is 0.235. The molecule has 1 aromatic carbocycles. The molecular weight excluding hydrogens is 246 g/mol. The summed E-state index contributed by atoms with van der Waals surface area (Å²) in [6.07, 6.45) is 4.85. The van der Waals surface area contributed by atoms with Crippen LogP contribution in [0.4, 0.5) is 0 Å². The van der Waals surface area contributed by atoms with Crippen molar-refractivity contribution in [3.63, 3.8) is 0 Å². The number of pyridine rings is 1. The largest absolute Gasteiger partial charge is 0.358 e. The molecule has 20 heavy (non-hydrogen) atoms. The van der Waals surface area contributed by atoms with Gasteiger partial charge in [0.15, 0.2) is 0 Å². The Bertz CT molecular complexity index is 730. The van der Waals surface area contributed by atoms with Gasteiger partial charge in [-0.25, -0.2) is 0 Å². The van der Waals surface area contributed by atoms with Crippen molar-refractivity contribution < 1.29 is 0 Å². The molecule has 0 saturated carbocycles. The number of aromatic nitrogens is 2. The van der Waals surface area contributed by atoms with E-state index in [4.69, 9.17) is 0 Å². The van der Waals surface area contributed by atoms with Crippen molar-refractivity contribution in [2.75, 3.05) is 6.54 Å². The number of hydrogen-bond acceptors (Lipinski definition) is 2. The Kier molecular flexibility index (Phi) is 2.78. The second-order valence-electron chi connectivity index (χ2n) is 5.44. The van der Waals surface area contributed by atoms with E-state index in [1.165, 1.54) is 27.7 Å². The Balaban J connectivity index is 1.63. The lowest BCUT2D eigenvalue weighted by atomic mass is 10.0. The molecule has 0 saturated heterocycles. The zero-order valence-corrected chi connectivity index (χ0v) is 11.3. The number of fused-ring (bicyclic) bond motifs is 3. The maximum atomic E-state index is 4.08. The number of H-pyrrole nitrogens is 1. The Hall–Kier alpha value is -2.13. The van der Waals surface area contributed by atoms with Gasteiger partial charge in [-0.05, 0) is 29.3 Å². The average Bonchev–Trinajstić information content (AvgIpc) is 2.86. The molecule has 1 N–H and O–H groups in total. The lowest BCUT2D eigenvalue weighted by Crippen LogP contribution is -2.29. The van der Waals surface area contributed by atoms with Gasteiger partial charge < -0.3 is 4.98 Å². The van der Waals surface area contributed by atoms with E-state index in [1.807, 2.05) is 12.4 Å². The van der Waals surface area contributed by atoms with Crippen LogP contribution in [0.3, 0.4) is 0 Å². The molecule has 1 aliphatic heterocycles. The van der Waals surface area contributed by atoms with E-state index < -0.39 is 0 Å². The van der Waals surface area contributed by atoms with Crippen LogP contribution in [0.5, 0.6) is 0 Å². The molecular formula is C17H17N3. The zero-order valence-electron chi connectivity index (χ0n) is 11.3. The van der Waals surface area contributed by atoms with Gasteiger partial charge >= 0.3 is 0 Å². The maximum absolute atomic E-state index is 4.08. The maximum Gasteiger partial charge on any atom is 0.0459 e. The van der Waals surface area contributed by atoms with Gasteiger partial charge in [-0.15, -0.1) is 0 Å². The highest BCUT2D eigenvalue weighted by atomic mass is 15.1. The van der Waals surface area contributed by atoms with Crippen LogP contribution in [0.25, 0.3) is 10.9 Å². The van der Waals surface area contributed by atoms with Gasteiger partial charge in [-0.3, -0.25) is 9.88 Å². The molecule has 0 fully saturated rings. The topological polar surface area (TPSA) is 31.9 Å². The smallest absolute Gasteiger partial charge is 0.0459 e. The van der Waals surface area contributed by atoms with Crippen LogP contribution in [0, 0.1) is 0 Å². The summed E-state index contributed by atoms with van der Waals surface area (Å²) in [6.45, 7) is 3.14. The van der Waals surface area contributed by atoms with Gasteiger partial charge in [0.1, 0.15) is 0 Å². The first kappa shape index (κ1) is 11.7. The second kappa shape index (κ2) is 4.76. The molecule has 4 rings (SSSR count). The Morgan fingerprint density at radius 2 is 1.95 bits per heavy atom. The lowest BCUT2D eigenvalue weighted by molar-refractivity contribution is 0.245. The summed E-state index contributed by atoms with van der Waals surface area (Å²) in [5, 5.41) is 1.38. The van der Waals surface area contributed by atoms with Gasteiger partial charge in [-0.2, -0.15) is 0 Å². The van der Waals surface area contributed by atoms with Crippen LogP contribution in [0.2, 0.25) is 0 Å². The van der Waals surface area contributed by atoms with E-state index in [0.717, 1.165) is 26.1 Å². The Morgan fingerprint density at radius 3 is 2.85 bits per heavy atom. The summed E-state index contributed by atoms with van der Waals surface area (Å²) < 4.78 is 0. The van der Waals surface area contributed by atoms with Crippen molar-refractivity contribution in [2.24, 2.45) is 0 Å². The molecule has 0 bridgehead atoms. The lowest BCUT2D eigenvalue weighted by Gasteiger charge is -2.27. The van der Waals surface area contributed by atoms with E-state index in [1.54, 1.807) is 0 Å². The third-order valence-electron chi connectivity index (χ3n) is 4.12. The number of rotatable bonds is 2.